The molecule has 0 aliphatic heterocycles. The third-order valence-corrected chi connectivity index (χ3v) is 2.21. The topological polar surface area (TPSA) is 55.8 Å². The lowest BCUT2D eigenvalue weighted by Crippen LogP contribution is -2.12. The summed E-state index contributed by atoms with van der Waals surface area (Å²) >= 11 is 0. The number of carbonyl (C=O) groups excluding carboxylic acids is 1. The molecule has 4 heteroatoms. The van der Waals surface area contributed by atoms with E-state index in [0.29, 0.717) is 11.3 Å². The summed E-state index contributed by atoms with van der Waals surface area (Å²) in [7, 11) is 2.73. The first kappa shape index (κ1) is 12.3. The largest absolute Gasteiger partial charge is 0.496 e. The van der Waals surface area contributed by atoms with Crippen LogP contribution < -0.4 is 4.74 Å². The molecule has 0 aromatic heterocycles. The molecule has 1 aromatic rings. The maximum Gasteiger partial charge on any atom is 0.336 e. The summed E-state index contributed by atoms with van der Waals surface area (Å²) < 4.78 is 9.57. The normalized spacial score (nSPS) is 11.7. The van der Waals surface area contributed by atoms with Crippen LogP contribution in [-0.2, 0) is 9.53 Å². The van der Waals surface area contributed by atoms with Gasteiger partial charge in [-0.25, -0.2) is 4.79 Å². The molecule has 0 aliphatic rings. The first-order chi connectivity index (χ1) is 7.61. The summed E-state index contributed by atoms with van der Waals surface area (Å²) in [6.45, 7) is 3.50. The van der Waals surface area contributed by atoms with E-state index >= 15 is 0 Å². The third-order valence-electron chi connectivity index (χ3n) is 2.21. The minimum Gasteiger partial charge on any atom is -0.496 e. The van der Waals surface area contributed by atoms with Crippen molar-refractivity contribution in [1.82, 2.24) is 0 Å². The van der Waals surface area contributed by atoms with Crippen molar-refractivity contribution in [2.24, 2.45) is 0 Å². The molecule has 0 amide bonds. The molecule has 0 radical (unpaired) electrons. The van der Waals surface area contributed by atoms with Crippen molar-refractivity contribution in [3.8, 4) is 5.75 Å². The molecule has 1 N–H and O–H groups in total. The van der Waals surface area contributed by atoms with E-state index in [0.717, 1.165) is 0 Å². The van der Waals surface area contributed by atoms with E-state index in [1.165, 1.54) is 14.2 Å². The van der Waals surface area contributed by atoms with Crippen molar-refractivity contribution in [3.63, 3.8) is 0 Å². The van der Waals surface area contributed by atoms with Crippen molar-refractivity contribution in [1.29, 1.82) is 0 Å². The van der Waals surface area contributed by atoms with Gasteiger partial charge < -0.3 is 14.6 Å². The average Bonchev–Trinajstić information content (AvgIpc) is 2.35. The van der Waals surface area contributed by atoms with Crippen LogP contribution in [0.5, 0.6) is 5.75 Å². The molecule has 0 saturated carbocycles. The molecular weight excluding hydrogens is 208 g/mol. The second kappa shape index (κ2) is 5.32. The highest BCUT2D eigenvalue weighted by Crippen LogP contribution is 2.29. The van der Waals surface area contributed by atoms with E-state index in [4.69, 9.17) is 4.74 Å². The molecular formula is C12H14O4. The SMILES string of the molecule is C=C(C(=O)OC)[C@H](O)c1ccccc1OC. The quantitative estimate of drug-likeness (QED) is 0.619. The summed E-state index contributed by atoms with van der Waals surface area (Å²) in [6, 6.07) is 6.88. The van der Waals surface area contributed by atoms with E-state index in [2.05, 4.69) is 11.3 Å². The molecule has 4 nitrogen and oxygen atoms in total. The second-order valence-electron chi connectivity index (χ2n) is 3.16. The number of benzene rings is 1. The number of rotatable bonds is 4. The molecule has 0 unspecified atom stereocenters. The molecule has 0 bridgehead atoms. The van der Waals surface area contributed by atoms with Gasteiger partial charge in [0.05, 0.1) is 19.8 Å². The van der Waals surface area contributed by atoms with Gasteiger partial charge in [0.25, 0.3) is 0 Å². The molecule has 86 valence electrons. The molecule has 1 rings (SSSR count). The van der Waals surface area contributed by atoms with Gasteiger partial charge in [-0.15, -0.1) is 0 Å². The van der Waals surface area contributed by atoms with Crippen LogP contribution >= 0.6 is 0 Å². The Hall–Kier alpha value is -1.81. The number of aliphatic hydroxyl groups excluding tert-OH is 1. The predicted molar refractivity (Wildman–Crippen MR) is 59.1 cm³/mol. The fourth-order valence-electron chi connectivity index (χ4n) is 1.32. The molecule has 1 atom stereocenters. The maximum atomic E-state index is 11.2. The second-order valence-corrected chi connectivity index (χ2v) is 3.16. The minimum atomic E-state index is -1.12. The summed E-state index contributed by atoms with van der Waals surface area (Å²) in [6.07, 6.45) is -1.12. The number of hydrogen-bond acceptors (Lipinski definition) is 4. The van der Waals surface area contributed by atoms with E-state index in [9.17, 15) is 9.90 Å². The zero-order valence-corrected chi connectivity index (χ0v) is 9.27. The van der Waals surface area contributed by atoms with Crippen LogP contribution in [-0.4, -0.2) is 25.3 Å². The van der Waals surface area contributed by atoms with Gasteiger partial charge in [-0.2, -0.15) is 0 Å². The monoisotopic (exact) mass is 222 g/mol. The highest BCUT2D eigenvalue weighted by Gasteiger charge is 2.21. The smallest absolute Gasteiger partial charge is 0.336 e. The lowest BCUT2D eigenvalue weighted by Gasteiger charge is -2.15. The van der Waals surface area contributed by atoms with E-state index in [1.54, 1.807) is 24.3 Å². The number of aliphatic hydroxyl groups is 1. The molecule has 0 spiro atoms. The van der Waals surface area contributed by atoms with Gasteiger partial charge in [0.2, 0.25) is 0 Å². The third kappa shape index (κ3) is 2.41. The Morgan fingerprint density at radius 1 is 1.38 bits per heavy atom. The Labute approximate surface area is 94.1 Å². The number of esters is 1. The van der Waals surface area contributed by atoms with E-state index in [1.807, 2.05) is 0 Å². The molecule has 0 fully saturated rings. The lowest BCUT2D eigenvalue weighted by molar-refractivity contribution is -0.137. The van der Waals surface area contributed by atoms with E-state index < -0.39 is 12.1 Å². The first-order valence-corrected chi connectivity index (χ1v) is 4.70. The van der Waals surface area contributed by atoms with Crippen molar-refractivity contribution >= 4 is 5.97 Å². The van der Waals surface area contributed by atoms with Crippen molar-refractivity contribution < 1.29 is 19.4 Å². The fourth-order valence-corrected chi connectivity index (χ4v) is 1.32. The number of ether oxygens (including phenoxy) is 2. The Morgan fingerprint density at radius 2 is 2.00 bits per heavy atom. The zero-order chi connectivity index (χ0) is 12.1. The lowest BCUT2D eigenvalue weighted by atomic mass is 10.0. The maximum absolute atomic E-state index is 11.2. The Bertz CT molecular complexity index is 398. The van der Waals surface area contributed by atoms with Gasteiger partial charge in [-0.05, 0) is 6.07 Å². The fraction of sp³-hybridized carbons (Fsp3) is 0.250. The molecule has 16 heavy (non-hydrogen) atoms. The number of para-hydroxylation sites is 1. The van der Waals surface area contributed by atoms with Crippen molar-refractivity contribution in [2.75, 3.05) is 14.2 Å². The van der Waals surface area contributed by atoms with Crippen molar-refractivity contribution in [2.45, 2.75) is 6.10 Å². The standard InChI is InChI=1S/C12H14O4/c1-8(12(14)16-3)11(13)9-6-4-5-7-10(9)15-2/h4-7,11,13H,1H2,2-3H3/t11-/m0/s1. The van der Waals surface area contributed by atoms with Gasteiger partial charge in [0.15, 0.2) is 0 Å². The summed E-state index contributed by atoms with van der Waals surface area (Å²) in [5, 5.41) is 9.92. The summed E-state index contributed by atoms with van der Waals surface area (Å²) in [5.74, 6) is -0.140. The minimum absolute atomic E-state index is 0.0213. The van der Waals surface area contributed by atoms with E-state index in [-0.39, 0.29) is 5.57 Å². The predicted octanol–water partition coefficient (Wildman–Crippen LogP) is 1.46. The summed E-state index contributed by atoms with van der Waals surface area (Å²) in [4.78, 5) is 11.2. The van der Waals surface area contributed by atoms with Gasteiger partial charge in [-0.1, -0.05) is 24.8 Å². The van der Waals surface area contributed by atoms with Crippen LogP contribution in [0.3, 0.4) is 0 Å². The van der Waals surface area contributed by atoms with Crippen LogP contribution in [0.4, 0.5) is 0 Å². The molecule has 0 aliphatic carbocycles. The van der Waals surface area contributed by atoms with Crippen LogP contribution in [0.2, 0.25) is 0 Å². The van der Waals surface area contributed by atoms with Crippen LogP contribution in [0.15, 0.2) is 36.4 Å². The number of methoxy groups -OCH3 is 2. The molecule has 0 heterocycles. The molecule has 1 aromatic carbocycles. The zero-order valence-electron chi connectivity index (χ0n) is 9.27. The average molecular weight is 222 g/mol. The van der Waals surface area contributed by atoms with Crippen LogP contribution in [0, 0.1) is 0 Å². The number of carbonyl (C=O) groups is 1. The van der Waals surface area contributed by atoms with Crippen LogP contribution in [0.1, 0.15) is 11.7 Å². The van der Waals surface area contributed by atoms with Gasteiger partial charge in [0.1, 0.15) is 11.9 Å². The molecule has 0 saturated heterocycles. The Morgan fingerprint density at radius 3 is 2.56 bits per heavy atom. The number of hydrogen-bond donors (Lipinski definition) is 1. The summed E-state index contributed by atoms with van der Waals surface area (Å²) in [5.41, 5.74) is 0.465. The van der Waals surface area contributed by atoms with Crippen LogP contribution in [0.25, 0.3) is 0 Å². The highest BCUT2D eigenvalue weighted by molar-refractivity contribution is 5.89. The highest BCUT2D eigenvalue weighted by atomic mass is 16.5. The van der Waals surface area contributed by atoms with Gasteiger partial charge in [-0.3, -0.25) is 0 Å². The van der Waals surface area contributed by atoms with Gasteiger partial charge >= 0.3 is 5.97 Å². The Balaban J connectivity index is 3.00. The van der Waals surface area contributed by atoms with Gasteiger partial charge in [0, 0.05) is 5.56 Å². The first-order valence-electron chi connectivity index (χ1n) is 4.70. The Kier molecular flexibility index (Phi) is 4.08. The van der Waals surface area contributed by atoms with Crippen molar-refractivity contribution in [3.05, 3.63) is 42.0 Å².